The maximum absolute atomic E-state index is 8.44. The lowest BCUT2D eigenvalue weighted by Gasteiger charge is -2.03. The van der Waals surface area contributed by atoms with Gasteiger partial charge in [-0.15, -0.1) is 11.8 Å². The molecule has 0 radical (unpaired) electrons. The molecule has 0 fully saturated rings. The van der Waals surface area contributed by atoms with Crippen molar-refractivity contribution in [2.24, 2.45) is 0 Å². The molecule has 0 saturated carbocycles. The Morgan fingerprint density at radius 1 is 1.00 bits per heavy atom. The Morgan fingerprint density at radius 2 is 1.82 bits per heavy atom. The van der Waals surface area contributed by atoms with Gasteiger partial charge in [0.05, 0.1) is 6.07 Å². The van der Waals surface area contributed by atoms with Crippen molar-refractivity contribution in [3.8, 4) is 6.07 Å². The number of nitrogens with zero attached hydrogens (tertiary/aromatic N) is 1. The summed E-state index contributed by atoms with van der Waals surface area (Å²) in [7, 11) is 0. The van der Waals surface area contributed by atoms with Gasteiger partial charge in [-0.05, 0) is 41.5 Å². The van der Waals surface area contributed by atoms with Gasteiger partial charge in [-0.25, -0.2) is 0 Å². The zero-order chi connectivity index (χ0) is 11.9. The smallest absolute Gasteiger partial charge is 0.0621 e. The molecule has 0 aliphatic carbocycles. The van der Waals surface area contributed by atoms with Gasteiger partial charge in [0.15, 0.2) is 0 Å². The molecular weight excluding hydrogens is 226 g/mol. The van der Waals surface area contributed by atoms with Gasteiger partial charge >= 0.3 is 0 Å². The molecular formula is C15H15NS. The van der Waals surface area contributed by atoms with Crippen LogP contribution in [0.3, 0.4) is 0 Å². The minimum absolute atomic E-state index is 0.679. The Morgan fingerprint density at radius 3 is 2.65 bits per heavy atom. The SMILES string of the molecule is N#CCCCCSc1ccc2ccccc2c1. The van der Waals surface area contributed by atoms with E-state index in [1.165, 1.54) is 15.7 Å². The van der Waals surface area contributed by atoms with Gasteiger partial charge < -0.3 is 0 Å². The second-order valence-electron chi connectivity index (χ2n) is 3.97. The van der Waals surface area contributed by atoms with E-state index < -0.39 is 0 Å². The second kappa shape index (κ2) is 6.32. The second-order valence-corrected chi connectivity index (χ2v) is 5.14. The standard InChI is InChI=1S/C15H15NS/c16-10-4-1-5-11-17-15-9-8-13-6-2-3-7-14(13)12-15/h2-3,6-9,12H,1,4-5,11H2. The Bertz CT molecular complexity index is 528. The highest BCUT2D eigenvalue weighted by Gasteiger charge is 1.97. The van der Waals surface area contributed by atoms with E-state index in [0.717, 1.165) is 18.6 Å². The average molecular weight is 241 g/mol. The van der Waals surface area contributed by atoms with E-state index in [9.17, 15) is 0 Å². The van der Waals surface area contributed by atoms with Crippen LogP contribution in [0, 0.1) is 11.3 Å². The van der Waals surface area contributed by atoms with Gasteiger partial charge in [0.25, 0.3) is 0 Å². The number of rotatable bonds is 5. The van der Waals surface area contributed by atoms with Crippen LogP contribution in [0.25, 0.3) is 10.8 Å². The topological polar surface area (TPSA) is 23.8 Å². The fourth-order valence-corrected chi connectivity index (χ4v) is 2.71. The quantitative estimate of drug-likeness (QED) is 0.563. The molecule has 2 rings (SSSR count). The fraction of sp³-hybridized carbons (Fsp3) is 0.267. The van der Waals surface area contributed by atoms with Crippen LogP contribution in [-0.2, 0) is 0 Å². The summed E-state index contributed by atoms with van der Waals surface area (Å²) in [5, 5.41) is 11.0. The van der Waals surface area contributed by atoms with Crippen molar-refractivity contribution in [1.29, 1.82) is 5.26 Å². The number of benzene rings is 2. The number of hydrogen-bond acceptors (Lipinski definition) is 2. The molecule has 17 heavy (non-hydrogen) atoms. The summed E-state index contributed by atoms with van der Waals surface area (Å²) in [6.45, 7) is 0. The highest BCUT2D eigenvalue weighted by Crippen LogP contribution is 2.24. The Labute approximate surface area is 106 Å². The monoisotopic (exact) mass is 241 g/mol. The van der Waals surface area contributed by atoms with Crippen LogP contribution in [0.4, 0.5) is 0 Å². The third kappa shape index (κ3) is 3.51. The summed E-state index contributed by atoms with van der Waals surface area (Å²) in [4.78, 5) is 1.32. The highest BCUT2D eigenvalue weighted by molar-refractivity contribution is 7.99. The van der Waals surface area contributed by atoms with E-state index in [0.29, 0.717) is 6.42 Å². The summed E-state index contributed by atoms with van der Waals surface area (Å²) in [6.07, 6.45) is 2.81. The molecule has 1 nitrogen and oxygen atoms in total. The van der Waals surface area contributed by atoms with Crippen molar-refractivity contribution in [2.45, 2.75) is 24.2 Å². The first-order valence-electron chi connectivity index (χ1n) is 5.89. The van der Waals surface area contributed by atoms with Crippen molar-refractivity contribution in [2.75, 3.05) is 5.75 Å². The first-order chi connectivity index (χ1) is 8.40. The first-order valence-corrected chi connectivity index (χ1v) is 6.87. The Balaban J connectivity index is 1.93. The van der Waals surface area contributed by atoms with Gasteiger partial charge in [-0.1, -0.05) is 30.3 Å². The third-order valence-electron chi connectivity index (χ3n) is 2.67. The van der Waals surface area contributed by atoms with E-state index in [-0.39, 0.29) is 0 Å². The van der Waals surface area contributed by atoms with Crippen LogP contribution in [0.2, 0.25) is 0 Å². The lowest BCUT2D eigenvalue weighted by Crippen LogP contribution is -1.81. The molecule has 0 unspecified atom stereocenters. The predicted molar refractivity (Wildman–Crippen MR) is 74.1 cm³/mol. The van der Waals surface area contributed by atoms with Gasteiger partial charge in [0.2, 0.25) is 0 Å². The maximum Gasteiger partial charge on any atom is 0.0621 e. The molecule has 0 heterocycles. The predicted octanol–water partition coefficient (Wildman–Crippen LogP) is 4.63. The van der Waals surface area contributed by atoms with Crippen LogP contribution < -0.4 is 0 Å². The van der Waals surface area contributed by atoms with Crippen LogP contribution in [0.1, 0.15) is 19.3 Å². The van der Waals surface area contributed by atoms with Gasteiger partial charge in [0.1, 0.15) is 0 Å². The van der Waals surface area contributed by atoms with Crippen molar-refractivity contribution < 1.29 is 0 Å². The molecule has 0 aliphatic heterocycles. The molecule has 0 amide bonds. The lowest BCUT2D eigenvalue weighted by atomic mass is 10.1. The van der Waals surface area contributed by atoms with Crippen molar-refractivity contribution in [3.05, 3.63) is 42.5 Å². The van der Waals surface area contributed by atoms with Crippen molar-refractivity contribution in [1.82, 2.24) is 0 Å². The number of unbranched alkanes of at least 4 members (excludes halogenated alkanes) is 2. The van der Waals surface area contributed by atoms with Gasteiger partial charge in [-0.3, -0.25) is 0 Å². The molecule has 2 heteroatoms. The molecule has 2 aromatic rings. The molecule has 0 aliphatic rings. The molecule has 0 bridgehead atoms. The summed E-state index contributed by atoms with van der Waals surface area (Å²) < 4.78 is 0. The van der Waals surface area contributed by atoms with E-state index in [1.54, 1.807) is 0 Å². The number of hydrogen-bond donors (Lipinski definition) is 0. The molecule has 2 aromatic carbocycles. The summed E-state index contributed by atoms with van der Waals surface area (Å²) >= 11 is 1.88. The van der Waals surface area contributed by atoms with Crippen molar-refractivity contribution >= 4 is 22.5 Å². The molecule has 86 valence electrons. The van der Waals surface area contributed by atoms with Gasteiger partial charge in [0, 0.05) is 11.3 Å². The minimum atomic E-state index is 0.679. The zero-order valence-corrected chi connectivity index (χ0v) is 10.5. The summed E-state index contributed by atoms with van der Waals surface area (Å²) in [5.74, 6) is 1.10. The first kappa shape index (κ1) is 12.0. The molecule has 0 saturated heterocycles. The number of fused-ring (bicyclic) bond motifs is 1. The zero-order valence-electron chi connectivity index (χ0n) is 9.73. The van der Waals surface area contributed by atoms with E-state index in [4.69, 9.17) is 5.26 Å². The molecule has 0 atom stereocenters. The Hall–Kier alpha value is -1.46. The van der Waals surface area contributed by atoms with E-state index >= 15 is 0 Å². The maximum atomic E-state index is 8.44. The molecule has 0 aromatic heterocycles. The minimum Gasteiger partial charge on any atom is -0.198 e. The highest BCUT2D eigenvalue weighted by atomic mass is 32.2. The third-order valence-corrected chi connectivity index (χ3v) is 3.75. The number of thioether (sulfide) groups is 1. The Kier molecular flexibility index (Phi) is 4.46. The fourth-order valence-electron chi connectivity index (χ4n) is 1.75. The number of nitriles is 1. The molecule has 0 spiro atoms. The van der Waals surface area contributed by atoms with Crippen molar-refractivity contribution in [3.63, 3.8) is 0 Å². The van der Waals surface area contributed by atoms with Gasteiger partial charge in [-0.2, -0.15) is 5.26 Å². The normalized spacial score (nSPS) is 10.3. The van der Waals surface area contributed by atoms with Crippen LogP contribution in [0.15, 0.2) is 47.4 Å². The van der Waals surface area contributed by atoms with Crippen LogP contribution in [-0.4, -0.2) is 5.75 Å². The van der Waals surface area contributed by atoms with E-state index in [2.05, 4.69) is 48.5 Å². The van der Waals surface area contributed by atoms with Crippen LogP contribution in [0.5, 0.6) is 0 Å². The van der Waals surface area contributed by atoms with E-state index in [1.807, 2.05) is 11.8 Å². The average Bonchev–Trinajstić information content (AvgIpc) is 2.38. The molecule has 0 N–H and O–H groups in total. The summed E-state index contributed by atoms with van der Waals surface area (Å²) in [5.41, 5.74) is 0. The van der Waals surface area contributed by atoms with Crippen LogP contribution >= 0.6 is 11.8 Å². The lowest BCUT2D eigenvalue weighted by molar-refractivity contribution is 0.830. The summed E-state index contributed by atoms with van der Waals surface area (Å²) in [6, 6.07) is 17.2. The largest absolute Gasteiger partial charge is 0.198 e.